The van der Waals surface area contributed by atoms with Crippen LogP contribution < -0.4 is 19.5 Å². The molecule has 0 bridgehead atoms. The average molecular weight is 537 g/mol. The Kier molecular flexibility index (Phi) is 8.30. The topological polar surface area (TPSA) is 77.1 Å². The van der Waals surface area contributed by atoms with Gasteiger partial charge in [-0.1, -0.05) is 36.4 Å². The summed E-state index contributed by atoms with van der Waals surface area (Å²) < 4.78 is 17.0. The van der Waals surface area contributed by atoms with E-state index in [9.17, 15) is 9.59 Å². The van der Waals surface area contributed by atoms with Crippen molar-refractivity contribution in [2.24, 2.45) is 0 Å². The number of anilines is 1. The van der Waals surface area contributed by atoms with Crippen molar-refractivity contribution in [1.82, 2.24) is 4.90 Å². The molecule has 40 heavy (non-hydrogen) atoms. The van der Waals surface area contributed by atoms with E-state index in [0.717, 1.165) is 66.1 Å². The van der Waals surface area contributed by atoms with Crippen LogP contribution >= 0.6 is 0 Å². The van der Waals surface area contributed by atoms with Gasteiger partial charge >= 0.3 is 0 Å². The van der Waals surface area contributed by atoms with Gasteiger partial charge in [0.25, 0.3) is 5.91 Å². The molecule has 7 heteroatoms. The van der Waals surface area contributed by atoms with Crippen molar-refractivity contribution in [2.45, 2.75) is 18.9 Å². The number of hydrogen-bond donors (Lipinski definition) is 1. The third-order valence-corrected chi connectivity index (χ3v) is 7.10. The van der Waals surface area contributed by atoms with Gasteiger partial charge in [-0.05, 0) is 71.3 Å². The van der Waals surface area contributed by atoms with Crippen LogP contribution in [0.25, 0.3) is 22.3 Å². The summed E-state index contributed by atoms with van der Waals surface area (Å²) in [6, 6.07) is 28.8. The maximum atomic E-state index is 13.1. The lowest BCUT2D eigenvalue weighted by Crippen LogP contribution is -2.37. The Morgan fingerprint density at radius 1 is 0.800 bits per heavy atom. The second kappa shape index (κ2) is 12.4. The van der Waals surface area contributed by atoms with Gasteiger partial charge in [0.2, 0.25) is 6.41 Å². The van der Waals surface area contributed by atoms with Gasteiger partial charge in [0, 0.05) is 42.7 Å². The fraction of sp³-hybridized carbons (Fsp3) is 0.212. The van der Waals surface area contributed by atoms with Gasteiger partial charge in [-0.2, -0.15) is 0 Å². The van der Waals surface area contributed by atoms with Crippen molar-refractivity contribution in [3.05, 3.63) is 96.6 Å². The highest BCUT2D eigenvalue weighted by molar-refractivity contribution is 6.05. The zero-order chi connectivity index (χ0) is 27.9. The number of ether oxygens (including phenoxy) is 3. The van der Waals surface area contributed by atoms with Crippen LogP contribution in [-0.2, 0) is 4.79 Å². The molecule has 0 aliphatic carbocycles. The van der Waals surface area contributed by atoms with Gasteiger partial charge in [-0.25, -0.2) is 0 Å². The lowest BCUT2D eigenvalue weighted by Gasteiger charge is -2.29. The predicted molar refractivity (Wildman–Crippen MR) is 156 cm³/mol. The van der Waals surface area contributed by atoms with Crippen molar-refractivity contribution in [1.29, 1.82) is 0 Å². The molecule has 0 unspecified atom stereocenters. The Labute approximate surface area is 234 Å². The van der Waals surface area contributed by atoms with Gasteiger partial charge in [-0.15, -0.1) is 0 Å². The highest BCUT2D eigenvalue weighted by Gasteiger charge is 2.19. The van der Waals surface area contributed by atoms with Crippen LogP contribution in [0, 0.1) is 0 Å². The summed E-state index contributed by atoms with van der Waals surface area (Å²) in [5.74, 6) is 2.02. The first-order valence-electron chi connectivity index (χ1n) is 13.3. The Hall–Kier alpha value is -4.78. The summed E-state index contributed by atoms with van der Waals surface area (Å²) >= 11 is 0. The smallest absolute Gasteiger partial charge is 0.255 e. The molecule has 0 saturated carbocycles. The largest absolute Gasteiger partial charge is 0.497 e. The maximum Gasteiger partial charge on any atom is 0.255 e. The van der Waals surface area contributed by atoms with Crippen LogP contribution in [0.5, 0.6) is 17.2 Å². The van der Waals surface area contributed by atoms with Crippen molar-refractivity contribution >= 4 is 18.0 Å². The summed E-state index contributed by atoms with van der Waals surface area (Å²) in [6.07, 6.45) is 2.71. The number of nitrogens with one attached hydrogen (secondary N) is 1. The molecule has 0 atom stereocenters. The summed E-state index contributed by atoms with van der Waals surface area (Å²) in [5.41, 5.74) is 5.02. The lowest BCUT2D eigenvalue weighted by molar-refractivity contribution is -0.119. The number of amides is 2. The van der Waals surface area contributed by atoms with Gasteiger partial charge in [0.05, 0.1) is 14.2 Å². The first-order chi connectivity index (χ1) is 19.6. The molecule has 5 rings (SSSR count). The van der Waals surface area contributed by atoms with E-state index in [1.54, 1.807) is 31.3 Å². The zero-order valence-electron chi connectivity index (χ0n) is 22.6. The number of piperidine rings is 1. The molecule has 1 heterocycles. The van der Waals surface area contributed by atoms with E-state index < -0.39 is 0 Å². The molecule has 0 spiro atoms. The summed E-state index contributed by atoms with van der Waals surface area (Å²) in [6.45, 7) is 1.47. The van der Waals surface area contributed by atoms with E-state index in [2.05, 4.69) is 5.32 Å². The third kappa shape index (κ3) is 6.26. The highest BCUT2D eigenvalue weighted by Crippen LogP contribution is 2.33. The number of nitrogens with zero attached hydrogens (tertiary/aromatic N) is 1. The molecule has 2 amide bonds. The fourth-order valence-corrected chi connectivity index (χ4v) is 4.83. The van der Waals surface area contributed by atoms with E-state index in [-0.39, 0.29) is 12.0 Å². The molecule has 1 N–H and O–H groups in total. The first-order valence-corrected chi connectivity index (χ1v) is 13.3. The number of hydrogen-bond acceptors (Lipinski definition) is 5. The molecule has 7 nitrogen and oxygen atoms in total. The van der Waals surface area contributed by atoms with E-state index >= 15 is 0 Å². The Morgan fingerprint density at radius 3 is 2.15 bits per heavy atom. The third-order valence-electron chi connectivity index (χ3n) is 7.10. The highest BCUT2D eigenvalue weighted by atomic mass is 16.5. The number of benzene rings is 4. The molecule has 1 saturated heterocycles. The number of carbonyl (C=O) groups excluding carboxylic acids is 2. The minimum atomic E-state index is -0.208. The van der Waals surface area contributed by atoms with Gasteiger partial charge in [-0.3, -0.25) is 9.59 Å². The van der Waals surface area contributed by atoms with Crippen LogP contribution in [0.1, 0.15) is 23.2 Å². The Balaban J connectivity index is 1.23. The van der Waals surface area contributed by atoms with Crippen molar-refractivity contribution < 1.29 is 23.8 Å². The first kappa shape index (κ1) is 26.8. The van der Waals surface area contributed by atoms with Crippen molar-refractivity contribution in [3.8, 4) is 39.5 Å². The summed E-state index contributed by atoms with van der Waals surface area (Å²) in [7, 11) is 3.24. The van der Waals surface area contributed by atoms with Crippen LogP contribution in [-0.4, -0.2) is 50.6 Å². The molecule has 1 aliphatic heterocycles. The van der Waals surface area contributed by atoms with Gasteiger partial charge < -0.3 is 24.4 Å². The standard InChI is InChI=1S/C33H32N2O5/c1-38-30-5-3-4-25(20-30)31-21-26(10-15-32(31)39-2)33(37)34-27-11-6-23(7-12-27)24-8-13-28(14-9-24)40-29-16-18-35(22-36)19-17-29/h3-15,20-22,29H,16-19H2,1-2H3,(H,34,37). The van der Waals surface area contributed by atoms with E-state index in [4.69, 9.17) is 14.2 Å². The Bertz CT molecular complexity index is 1460. The molecule has 0 radical (unpaired) electrons. The van der Waals surface area contributed by atoms with Crippen LogP contribution in [0.4, 0.5) is 5.69 Å². The Morgan fingerprint density at radius 2 is 1.50 bits per heavy atom. The number of carbonyl (C=O) groups is 2. The molecule has 0 aromatic heterocycles. The molecular formula is C33H32N2O5. The van der Waals surface area contributed by atoms with Crippen LogP contribution in [0.2, 0.25) is 0 Å². The van der Waals surface area contributed by atoms with Gasteiger partial charge in [0.15, 0.2) is 0 Å². The van der Waals surface area contributed by atoms with Crippen LogP contribution in [0.15, 0.2) is 91.0 Å². The average Bonchev–Trinajstić information content (AvgIpc) is 3.02. The van der Waals surface area contributed by atoms with E-state index in [1.165, 1.54) is 0 Å². The SMILES string of the molecule is COc1cccc(-c2cc(C(=O)Nc3ccc(-c4ccc(OC5CCN(C=O)CC5)cc4)cc3)ccc2OC)c1. The molecule has 204 valence electrons. The normalized spacial score (nSPS) is 13.4. The molecule has 1 fully saturated rings. The van der Waals surface area contributed by atoms with E-state index in [0.29, 0.717) is 17.0 Å². The molecule has 4 aromatic carbocycles. The number of rotatable bonds is 9. The summed E-state index contributed by atoms with van der Waals surface area (Å²) in [5, 5.41) is 2.99. The molecule has 4 aromatic rings. The lowest BCUT2D eigenvalue weighted by atomic mass is 10.0. The zero-order valence-corrected chi connectivity index (χ0v) is 22.6. The monoisotopic (exact) mass is 536 g/mol. The van der Waals surface area contributed by atoms with E-state index in [1.807, 2.05) is 78.9 Å². The van der Waals surface area contributed by atoms with Crippen molar-refractivity contribution in [2.75, 3.05) is 32.6 Å². The minimum Gasteiger partial charge on any atom is -0.497 e. The number of methoxy groups -OCH3 is 2. The van der Waals surface area contributed by atoms with Gasteiger partial charge in [0.1, 0.15) is 23.4 Å². The van der Waals surface area contributed by atoms with Crippen molar-refractivity contribution in [3.63, 3.8) is 0 Å². The molecular weight excluding hydrogens is 504 g/mol. The minimum absolute atomic E-state index is 0.127. The fourth-order valence-electron chi connectivity index (χ4n) is 4.83. The summed E-state index contributed by atoms with van der Waals surface area (Å²) in [4.78, 5) is 25.8. The predicted octanol–water partition coefficient (Wildman–Crippen LogP) is 6.29. The number of likely N-dealkylation sites (tertiary alicyclic amines) is 1. The van der Waals surface area contributed by atoms with Crippen LogP contribution in [0.3, 0.4) is 0 Å². The quantitative estimate of drug-likeness (QED) is 0.255. The second-order valence-corrected chi connectivity index (χ2v) is 9.66. The second-order valence-electron chi connectivity index (χ2n) is 9.66. The molecule has 1 aliphatic rings. The maximum absolute atomic E-state index is 13.1.